The highest BCUT2D eigenvalue weighted by Gasteiger charge is 2.10. The number of likely N-dealkylation sites (N-methyl/N-ethyl adjacent to an activating group) is 1. The molecule has 1 nitrogen and oxygen atoms in total. The monoisotopic (exact) mass is 191 g/mol. The predicted molar refractivity (Wildman–Crippen MR) is 62.5 cm³/mol. The Morgan fingerprint density at radius 2 is 1.79 bits per heavy atom. The van der Waals surface area contributed by atoms with E-state index in [1.54, 1.807) is 0 Å². The fourth-order valence-corrected chi connectivity index (χ4v) is 1.76. The van der Waals surface area contributed by atoms with Crippen molar-refractivity contribution in [2.24, 2.45) is 0 Å². The summed E-state index contributed by atoms with van der Waals surface area (Å²) in [6.07, 6.45) is 2.39. The Labute approximate surface area is 87.7 Å². The lowest BCUT2D eigenvalue weighted by atomic mass is 10.0. The molecule has 1 atom stereocenters. The van der Waals surface area contributed by atoms with Crippen LogP contribution >= 0.6 is 0 Å². The van der Waals surface area contributed by atoms with Gasteiger partial charge in [0.1, 0.15) is 0 Å². The molecule has 0 aliphatic heterocycles. The van der Waals surface area contributed by atoms with Gasteiger partial charge in [0.2, 0.25) is 0 Å². The first-order chi connectivity index (χ1) is 6.77. The Morgan fingerprint density at radius 3 is 2.29 bits per heavy atom. The fourth-order valence-electron chi connectivity index (χ4n) is 1.76. The summed E-state index contributed by atoms with van der Waals surface area (Å²) in [7, 11) is 2.21. The first-order valence-corrected chi connectivity index (χ1v) is 5.52. The topological polar surface area (TPSA) is 3.24 Å². The van der Waals surface area contributed by atoms with Crippen molar-refractivity contribution < 1.29 is 0 Å². The minimum atomic E-state index is 0.683. The number of nitrogens with zero attached hydrogens (tertiary/aromatic N) is 1. The standard InChI is InChI=1S/C13H21N/c1-4-13(14(3)5-2)11-12-9-7-6-8-10-12/h6-10,13H,4-5,11H2,1-3H3/t13-/m0/s1. The summed E-state index contributed by atoms with van der Waals surface area (Å²) in [6.45, 7) is 5.61. The summed E-state index contributed by atoms with van der Waals surface area (Å²) in [6, 6.07) is 11.4. The first kappa shape index (κ1) is 11.3. The van der Waals surface area contributed by atoms with Crippen LogP contribution in [-0.2, 0) is 6.42 Å². The van der Waals surface area contributed by atoms with E-state index in [9.17, 15) is 0 Å². The second-order valence-electron chi connectivity index (χ2n) is 3.83. The second kappa shape index (κ2) is 5.82. The van der Waals surface area contributed by atoms with Crippen molar-refractivity contribution in [3.05, 3.63) is 35.9 Å². The van der Waals surface area contributed by atoms with E-state index in [0.717, 1.165) is 6.54 Å². The number of hydrogen-bond acceptors (Lipinski definition) is 1. The van der Waals surface area contributed by atoms with Crippen LogP contribution in [0.5, 0.6) is 0 Å². The summed E-state index contributed by atoms with van der Waals surface area (Å²) in [4.78, 5) is 2.42. The molecule has 1 aromatic carbocycles. The van der Waals surface area contributed by atoms with Gasteiger partial charge in [-0.2, -0.15) is 0 Å². The molecule has 1 heteroatoms. The summed E-state index contributed by atoms with van der Waals surface area (Å²) in [5.41, 5.74) is 1.44. The molecule has 1 rings (SSSR count). The van der Waals surface area contributed by atoms with Gasteiger partial charge in [0.05, 0.1) is 0 Å². The van der Waals surface area contributed by atoms with Crippen molar-refractivity contribution in [2.75, 3.05) is 13.6 Å². The average molecular weight is 191 g/mol. The molecular weight excluding hydrogens is 170 g/mol. The van der Waals surface area contributed by atoms with Gasteiger partial charge in [0.25, 0.3) is 0 Å². The molecule has 0 aliphatic rings. The minimum Gasteiger partial charge on any atom is -0.303 e. The summed E-state index contributed by atoms with van der Waals surface area (Å²) in [5.74, 6) is 0. The van der Waals surface area contributed by atoms with E-state index in [2.05, 4.69) is 56.1 Å². The Bertz CT molecular complexity index is 243. The quantitative estimate of drug-likeness (QED) is 0.691. The van der Waals surface area contributed by atoms with Crippen molar-refractivity contribution >= 4 is 0 Å². The molecule has 0 radical (unpaired) electrons. The molecule has 0 saturated carbocycles. The number of benzene rings is 1. The smallest absolute Gasteiger partial charge is 0.0130 e. The van der Waals surface area contributed by atoms with Crippen LogP contribution in [0.15, 0.2) is 30.3 Å². The van der Waals surface area contributed by atoms with Gasteiger partial charge in [0, 0.05) is 6.04 Å². The normalized spacial score (nSPS) is 13.1. The molecule has 0 N–H and O–H groups in total. The summed E-state index contributed by atoms with van der Waals surface area (Å²) >= 11 is 0. The van der Waals surface area contributed by atoms with E-state index in [0.29, 0.717) is 6.04 Å². The predicted octanol–water partition coefficient (Wildman–Crippen LogP) is 2.96. The zero-order chi connectivity index (χ0) is 10.4. The largest absolute Gasteiger partial charge is 0.303 e. The summed E-state index contributed by atoms with van der Waals surface area (Å²) < 4.78 is 0. The van der Waals surface area contributed by atoms with Gasteiger partial charge < -0.3 is 4.90 Å². The maximum Gasteiger partial charge on any atom is 0.0130 e. The Kier molecular flexibility index (Phi) is 4.68. The lowest BCUT2D eigenvalue weighted by Crippen LogP contribution is -2.32. The Hall–Kier alpha value is -0.820. The van der Waals surface area contributed by atoms with Crippen LogP contribution in [0, 0.1) is 0 Å². The third-order valence-corrected chi connectivity index (χ3v) is 2.91. The zero-order valence-electron chi connectivity index (χ0n) is 9.53. The minimum absolute atomic E-state index is 0.683. The van der Waals surface area contributed by atoms with Crippen LogP contribution in [0.3, 0.4) is 0 Å². The van der Waals surface area contributed by atoms with Crippen molar-refractivity contribution in [3.63, 3.8) is 0 Å². The van der Waals surface area contributed by atoms with E-state index in [4.69, 9.17) is 0 Å². The highest BCUT2D eigenvalue weighted by molar-refractivity contribution is 5.15. The van der Waals surface area contributed by atoms with Gasteiger partial charge in [0.15, 0.2) is 0 Å². The first-order valence-electron chi connectivity index (χ1n) is 5.52. The lowest BCUT2D eigenvalue weighted by Gasteiger charge is -2.25. The molecule has 1 aromatic rings. The highest BCUT2D eigenvalue weighted by atomic mass is 15.1. The molecule has 0 spiro atoms. The van der Waals surface area contributed by atoms with Gasteiger partial charge in [-0.05, 0) is 32.0 Å². The third kappa shape index (κ3) is 3.15. The van der Waals surface area contributed by atoms with Crippen LogP contribution in [0.25, 0.3) is 0 Å². The number of hydrogen-bond donors (Lipinski definition) is 0. The van der Waals surface area contributed by atoms with Crippen molar-refractivity contribution in [1.29, 1.82) is 0 Å². The van der Waals surface area contributed by atoms with Crippen molar-refractivity contribution in [3.8, 4) is 0 Å². The van der Waals surface area contributed by atoms with Gasteiger partial charge in [-0.25, -0.2) is 0 Å². The molecule has 0 aromatic heterocycles. The lowest BCUT2D eigenvalue weighted by molar-refractivity contribution is 0.246. The SMILES string of the molecule is CC[C@@H](Cc1ccccc1)N(C)CC. The van der Waals surface area contributed by atoms with Crippen molar-refractivity contribution in [2.45, 2.75) is 32.7 Å². The van der Waals surface area contributed by atoms with Gasteiger partial charge in [-0.1, -0.05) is 44.2 Å². The summed E-state index contributed by atoms with van der Waals surface area (Å²) in [5, 5.41) is 0. The van der Waals surface area contributed by atoms with E-state index in [-0.39, 0.29) is 0 Å². The highest BCUT2D eigenvalue weighted by Crippen LogP contribution is 2.10. The molecule has 0 unspecified atom stereocenters. The fraction of sp³-hybridized carbons (Fsp3) is 0.538. The molecule has 78 valence electrons. The molecule has 0 bridgehead atoms. The van der Waals surface area contributed by atoms with Gasteiger partial charge in [-0.3, -0.25) is 0 Å². The van der Waals surface area contributed by atoms with Gasteiger partial charge in [-0.15, -0.1) is 0 Å². The zero-order valence-corrected chi connectivity index (χ0v) is 9.53. The van der Waals surface area contributed by atoms with Crippen LogP contribution in [0.4, 0.5) is 0 Å². The van der Waals surface area contributed by atoms with Crippen LogP contribution in [-0.4, -0.2) is 24.5 Å². The average Bonchev–Trinajstić information content (AvgIpc) is 2.26. The maximum absolute atomic E-state index is 2.42. The molecule has 0 saturated heterocycles. The van der Waals surface area contributed by atoms with Crippen LogP contribution < -0.4 is 0 Å². The van der Waals surface area contributed by atoms with E-state index < -0.39 is 0 Å². The Balaban J connectivity index is 2.57. The van der Waals surface area contributed by atoms with E-state index >= 15 is 0 Å². The maximum atomic E-state index is 2.42. The third-order valence-electron chi connectivity index (χ3n) is 2.91. The molecule has 0 fully saturated rings. The molecule has 0 amide bonds. The van der Waals surface area contributed by atoms with Crippen LogP contribution in [0.1, 0.15) is 25.8 Å². The van der Waals surface area contributed by atoms with E-state index in [1.165, 1.54) is 18.4 Å². The Morgan fingerprint density at radius 1 is 1.14 bits per heavy atom. The molecular formula is C13H21N. The van der Waals surface area contributed by atoms with Crippen LogP contribution in [0.2, 0.25) is 0 Å². The molecule has 0 heterocycles. The van der Waals surface area contributed by atoms with Crippen molar-refractivity contribution in [1.82, 2.24) is 4.90 Å². The van der Waals surface area contributed by atoms with E-state index in [1.807, 2.05) is 0 Å². The molecule has 0 aliphatic carbocycles. The second-order valence-corrected chi connectivity index (χ2v) is 3.83. The van der Waals surface area contributed by atoms with Gasteiger partial charge >= 0.3 is 0 Å². The molecule has 14 heavy (non-hydrogen) atoms. The number of rotatable bonds is 5.